The van der Waals surface area contributed by atoms with Crippen LogP contribution < -0.4 is 9.64 Å². The van der Waals surface area contributed by atoms with E-state index in [0.29, 0.717) is 26.4 Å². The number of aliphatic hydroxyl groups is 1. The van der Waals surface area contributed by atoms with Crippen LogP contribution in [0, 0.1) is 0 Å². The summed E-state index contributed by atoms with van der Waals surface area (Å²) < 4.78 is 12.1. The van der Waals surface area contributed by atoms with E-state index in [1.807, 2.05) is 25.1 Å². The van der Waals surface area contributed by atoms with Gasteiger partial charge >= 0.3 is 0 Å². The number of nitrogens with zero attached hydrogens (tertiary/aromatic N) is 2. The number of para-hydroxylation sites is 2. The summed E-state index contributed by atoms with van der Waals surface area (Å²) in [7, 11) is 0. The van der Waals surface area contributed by atoms with E-state index in [0.717, 1.165) is 36.5 Å². The summed E-state index contributed by atoms with van der Waals surface area (Å²) in [5.41, 5.74) is 3.38. The van der Waals surface area contributed by atoms with Gasteiger partial charge in [0.25, 0.3) is 0 Å². The SMILES string of the molecule is C=C(C)COCC(CN1c2ccccc2OCC1c1ccccc1)N1CCC(O)C1. The maximum atomic E-state index is 10.1. The Morgan fingerprint density at radius 1 is 1.20 bits per heavy atom. The van der Waals surface area contributed by atoms with Gasteiger partial charge in [-0.2, -0.15) is 0 Å². The van der Waals surface area contributed by atoms with Crippen molar-refractivity contribution < 1.29 is 14.6 Å². The number of β-amino-alcohol motifs (C(OH)–C–C–N with tert-alkyl or cyclic N) is 1. The lowest BCUT2D eigenvalue weighted by Gasteiger charge is -2.42. The van der Waals surface area contributed by atoms with Gasteiger partial charge < -0.3 is 19.5 Å². The molecular formula is C25H32N2O3. The Kier molecular flexibility index (Phi) is 6.72. The predicted octanol–water partition coefficient (Wildman–Crippen LogP) is 3.65. The van der Waals surface area contributed by atoms with E-state index in [1.165, 1.54) is 5.56 Å². The average molecular weight is 409 g/mol. The van der Waals surface area contributed by atoms with Gasteiger partial charge in [0.15, 0.2) is 0 Å². The van der Waals surface area contributed by atoms with Crippen LogP contribution in [0.5, 0.6) is 5.75 Å². The Hall–Kier alpha value is -2.34. The first-order valence-electron chi connectivity index (χ1n) is 10.8. The van der Waals surface area contributed by atoms with Gasteiger partial charge in [0, 0.05) is 19.6 Å². The smallest absolute Gasteiger partial charge is 0.142 e. The summed E-state index contributed by atoms with van der Waals surface area (Å²) >= 11 is 0. The minimum absolute atomic E-state index is 0.136. The van der Waals surface area contributed by atoms with Gasteiger partial charge in [0.2, 0.25) is 0 Å². The molecule has 2 aliphatic heterocycles. The molecule has 30 heavy (non-hydrogen) atoms. The first-order chi connectivity index (χ1) is 14.6. The van der Waals surface area contributed by atoms with Crippen LogP contribution in [-0.4, -0.2) is 61.6 Å². The van der Waals surface area contributed by atoms with Crippen LogP contribution >= 0.6 is 0 Å². The van der Waals surface area contributed by atoms with Crippen LogP contribution in [0.4, 0.5) is 5.69 Å². The van der Waals surface area contributed by atoms with Gasteiger partial charge in [-0.3, -0.25) is 4.90 Å². The van der Waals surface area contributed by atoms with Gasteiger partial charge in [-0.05, 0) is 31.0 Å². The highest BCUT2D eigenvalue weighted by atomic mass is 16.5. The van der Waals surface area contributed by atoms with E-state index in [4.69, 9.17) is 9.47 Å². The second-order valence-electron chi connectivity index (χ2n) is 8.42. The molecule has 0 aliphatic carbocycles. The largest absolute Gasteiger partial charge is 0.489 e. The lowest BCUT2D eigenvalue weighted by atomic mass is 10.0. The third kappa shape index (κ3) is 4.86. The van der Waals surface area contributed by atoms with E-state index in [9.17, 15) is 5.11 Å². The molecule has 5 heteroatoms. The van der Waals surface area contributed by atoms with Crippen molar-refractivity contribution in [3.63, 3.8) is 0 Å². The number of fused-ring (bicyclic) bond motifs is 1. The van der Waals surface area contributed by atoms with Crippen molar-refractivity contribution >= 4 is 5.69 Å². The molecule has 0 saturated carbocycles. The van der Waals surface area contributed by atoms with Crippen LogP contribution in [0.1, 0.15) is 24.9 Å². The summed E-state index contributed by atoms with van der Waals surface area (Å²) in [5, 5.41) is 10.1. The zero-order valence-electron chi connectivity index (χ0n) is 17.7. The standard InChI is InChI=1S/C25H32N2O3/c1-19(2)16-29-17-21(26-13-12-22(28)15-26)14-27-23-10-6-7-11-25(23)30-18-24(27)20-8-4-3-5-9-20/h3-11,21-22,24,28H,1,12-18H2,2H3. The Bertz CT molecular complexity index is 841. The summed E-state index contributed by atoms with van der Waals surface area (Å²) in [5.74, 6) is 0.924. The van der Waals surface area contributed by atoms with E-state index >= 15 is 0 Å². The van der Waals surface area contributed by atoms with Crippen LogP contribution in [0.3, 0.4) is 0 Å². The summed E-state index contributed by atoms with van der Waals surface area (Å²) in [4.78, 5) is 4.82. The minimum atomic E-state index is -0.254. The number of benzene rings is 2. The van der Waals surface area contributed by atoms with Crippen LogP contribution in [0.25, 0.3) is 0 Å². The molecule has 0 amide bonds. The molecule has 3 atom stereocenters. The normalized spacial score (nSPS) is 22.4. The van der Waals surface area contributed by atoms with Crippen molar-refractivity contribution in [1.29, 1.82) is 0 Å². The lowest BCUT2D eigenvalue weighted by molar-refractivity contribution is 0.0739. The first-order valence-corrected chi connectivity index (χ1v) is 10.8. The van der Waals surface area contributed by atoms with Gasteiger partial charge in [-0.15, -0.1) is 0 Å². The number of hydrogen-bond acceptors (Lipinski definition) is 5. The molecule has 1 saturated heterocycles. The first kappa shape index (κ1) is 20.9. The number of anilines is 1. The monoisotopic (exact) mass is 408 g/mol. The molecule has 4 rings (SSSR count). The molecule has 0 spiro atoms. The summed E-state index contributed by atoms with van der Waals surface area (Å²) in [6.07, 6.45) is 0.564. The highest BCUT2D eigenvalue weighted by Crippen LogP contribution is 2.39. The molecule has 160 valence electrons. The van der Waals surface area contributed by atoms with E-state index in [2.05, 4.69) is 52.8 Å². The second-order valence-corrected chi connectivity index (χ2v) is 8.42. The zero-order valence-corrected chi connectivity index (χ0v) is 17.7. The minimum Gasteiger partial charge on any atom is -0.489 e. The molecule has 2 aliphatic rings. The number of rotatable bonds is 8. The molecule has 1 N–H and O–H groups in total. The van der Waals surface area contributed by atoms with Crippen molar-refractivity contribution in [3.8, 4) is 5.75 Å². The molecule has 3 unspecified atom stereocenters. The van der Waals surface area contributed by atoms with E-state index in [-0.39, 0.29) is 18.2 Å². The fourth-order valence-electron chi connectivity index (χ4n) is 4.39. The maximum absolute atomic E-state index is 10.1. The van der Waals surface area contributed by atoms with Crippen LogP contribution in [0.2, 0.25) is 0 Å². The Balaban J connectivity index is 1.61. The van der Waals surface area contributed by atoms with Crippen molar-refractivity contribution in [2.75, 3.05) is 44.4 Å². The third-order valence-corrected chi connectivity index (χ3v) is 5.91. The topological polar surface area (TPSA) is 45.2 Å². The summed E-state index contributed by atoms with van der Waals surface area (Å²) in [6.45, 7) is 10.1. The quantitative estimate of drug-likeness (QED) is 0.676. The van der Waals surface area contributed by atoms with E-state index < -0.39 is 0 Å². The van der Waals surface area contributed by atoms with Crippen molar-refractivity contribution in [3.05, 3.63) is 72.3 Å². The Morgan fingerprint density at radius 3 is 2.70 bits per heavy atom. The number of ether oxygens (including phenoxy) is 2. The third-order valence-electron chi connectivity index (χ3n) is 5.91. The molecular weight excluding hydrogens is 376 g/mol. The molecule has 1 fully saturated rings. The van der Waals surface area contributed by atoms with Gasteiger partial charge in [-0.1, -0.05) is 54.6 Å². The van der Waals surface area contributed by atoms with Crippen molar-refractivity contribution in [1.82, 2.24) is 4.90 Å². The Morgan fingerprint density at radius 2 is 1.97 bits per heavy atom. The fourth-order valence-corrected chi connectivity index (χ4v) is 4.39. The molecule has 5 nitrogen and oxygen atoms in total. The molecule has 0 radical (unpaired) electrons. The Labute approximate surface area is 179 Å². The average Bonchev–Trinajstić information content (AvgIpc) is 3.19. The maximum Gasteiger partial charge on any atom is 0.142 e. The van der Waals surface area contributed by atoms with Crippen LogP contribution in [0.15, 0.2) is 66.7 Å². The molecule has 2 heterocycles. The highest BCUT2D eigenvalue weighted by Gasteiger charge is 2.34. The molecule has 2 aromatic carbocycles. The zero-order chi connectivity index (χ0) is 20.9. The molecule has 2 aromatic rings. The van der Waals surface area contributed by atoms with Crippen molar-refractivity contribution in [2.24, 2.45) is 0 Å². The number of likely N-dealkylation sites (tertiary alicyclic amines) is 1. The van der Waals surface area contributed by atoms with E-state index in [1.54, 1.807) is 0 Å². The predicted molar refractivity (Wildman–Crippen MR) is 120 cm³/mol. The summed E-state index contributed by atoms with van der Waals surface area (Å²) in [6, 6.07) is 19.1. The highest BCUT2D eigenvalue weighted by molar-refractivity contribution is 5.61. The lowest BCUT2D eigenvalue weighted by Crippen LogP contribution is -2.49. The van der Waals surface area contributed by atoms with Crippen LogP contribution in [-0.2, 0) is 4.74 Å². The van der Waals surface area contributed by atoms with Gasteiger partial charge in [0.1, 0.15) is 12.4 Å². The second kappa shape index (κ2) is 9.65. The van der Waals surface area contributed by atoms with Crippen molar-refractivity contribution in [2.45, 2.75) is 31.5 Å². The molecule has 0 aromatic heterocycles. The van der Waals surface area contributed by atoms with Gasteiger partial charge in [0.05, 0.1) is 37.1 Å². The van der Waals surface area contributed by atoms with Gasteiger partial charge in [-0.25, -0.2) is 0 Å². The number of aliphatic hydroxyl groups excluding tert-OH is 1. The molecule has 0 bridgehead atoms. The fraction of sp³-hybridized carbons (Fsp3) is 0.440. The number of hydrogen-bond donors (Lipinski definition) is 1.